The molecule has 44 heavy (non-hydrogen) atoms. The van der Waals surface area contributed by atoms with E-state index in [1.807, 2.05) is 36.4 Å². The Morgan fingerprint density at radius 2 is 1.59 bits per heavy atom. The van der Waals surface area contributed by atoms with Gasteiger partial charge >= 0.3 is 0 Å². The maximum Gasteiger partial charge on any atom is 0.145 e. The number of benzene rings is 5. The van der Waals surface area contributed by atoms with Gasteiger partial charge in [0, 0.05) is 39.1 Å². The minimum atomic E-state index is 0.354. The van der Waals surface area contributed by atoms with Crippen LogP contribution in [0.2, 0.25) is 0 Å². The molecule has 0 bridgehead atoms. The molecule has 5 heteroatoms. The number of nitriles is 2. The normalized spacial score (nSPS) is 17.0. The first-order valence-electron chi connectivity index (χ1n) is 14.8. The summed E-state index contributed by atoms with van der Waals surface area (Å²) < 4.78 is 8.69. The van der Waals surface area contributed by atoms with Crippen LogP contribution < -0.4 is 4.90 Å². The third-order valence-corrected chi connectivity index (χ3v) is 9.15. The maximum absolute atomic E-state index is 10.2. The first-order chi connectivity index (χ1) is 21.7. The van der Waals surface area contributed by atoms with Crippen LogP contribution in [-0.4, -0.2) is 4.57 Å². The summed E-state index contributed by atoms with van der Waals surface area (Å²) in [6.07, 6.45) is 7.92. The first-order valence-corrected chi connectivity index (χ1v) is 14.8. The summed E-state index contributed by atoms with van der Waals surface area (Å²) in [5.74, 6) is 1.10. The third kappa shape index (κ3) is 3.44. The summed E-state index contributed by atoms with van der Waals surface area (Å²) in [5.41, 5.74) is 8.38. The second-order valence-corrected chi connectivity index (χ2v) is 11.5. The second kappa shape index (κ2) is 9.23. The van der Waals surface area contributed by atoms with Crippen LogP contribution in [0.25, 0.3) is 49.4 Å². The van der Waals surface area contributed by atoms with Crippen molar-refractivity contribution < 1.29 is 4.42 Å². The molecule has 0 saturated heterocycles. The van der Waals surface area contributed by atoms with Crippen LogP contribution in [0.15, 0.2) is 131 Å². The average Bonchev–Trinajstić information content (AvgIpc) is 3.68. The Balaban J connectivity index is 1.40. The van der Waals surface area contributed by atoms with Gasteiger partial charge in [0.2, 0.25) is 0 Å². The Kier molecular flexibility index (Phi) is 5.15. The van der Waals surface area contributed by atoms with Gasteiger partial charge < -0.3 is 13.9 Å². The number of fused-ring (bicyclic) bond motifs is 8. The fourth-order valence-electron chi connectivity index (χ4n) is 7.06. The van der Waals surface area contributed by atoms with E-state index in [1.54, 1.807) is 6.07 Å². The van der Waals surface area contributed by atoms with E-state index in [2.05, 4.69) is 100 Å². The molecule has 7 aromatic rings. The first kappa shape index (κ1) is 24.5. The number of aromatic nitrogens is 1. The lowest BCUT2D eigenvalue weighted by Gasteiger charge is -2.29. The van der Waals surface area contributed by atoms with Gasteiger partial charge in [0.1, 0.15) is 23.3 Å². The van der Waals surface area contributed by atoms with Crippen LogP contribution >= 0.6 is 0 Å². The third-order valence-electron chi connectivity index (χ3n) is 9.15. The quantitative estimate of drug-likeness (QED) is 0.213. The van der Waals surface area contributed by atoms with E-state index in [4.69, 9.17) is 4.42 Å². The van der Waals surface area contributed by atoms with Crippen molar-refractivity contribution in [1.29, 1.82) is 10.5 Å². The van der Waals surface area contributed by atoms with Crippen LogP contribution in [0.3, 0.4) is 0 Å². The SMILES string of the molecule is N#Cc1cccc(-n2c3ccc(N(C4=CC=CC5CC45)c4ccccc4)cc3c3c4oc5ccccc5c4ccc32)c1C#N. The van der Waals surface area contributed by atoms with Crippen molar-refractivity contribution in [2.75, 3.05) is 4.90 Å². The molecule has 0 amide bonds. The largest absolute Gasteiger partial charge is 0.455 e. The number of para-hydroxylation sites is 2. The van der Waals surface area contributed by atoms with Crippen molar-refractivity contribution in [1.82, 2.24) is 4.57 Å². The van der Waals surface area contributed by atoms with Crippen LogP contribution in [0.1, 0.15) is 17.5 Å². The maximum atomic E-state index is 10.2. The standard InChI is InChI=1S/C39H24N4O/c40-22-25-9-7-14-34(32(25)23-41)43-35-18-16-27(42(26-10-2-1-3-11-26)33-13-6-8-24-20-30(24)33)21-31(35)38-36(43)19-17-29-28-12-4-5-15-37(28)44-39(29)38/h1-19,21,24,30H,20H2. The fraction of sp³-hybridized carbons (Fsp3) is 0.0769. The van der Waals surface area contributed by atoms with Gasteiger partial charge in [0.15, 0.2) is 0 Å². The molecule has 2 unspecified atom stereocenters. The average molecular weight is 565 g/mol. The Labute approximate surface area is 253 Å². The molecule has 0 aliphatic heterocycles. The molecule has 5 aromatic carbocycles. The van der Waals surface area contributed by atoms with E-state index in [0.29, 0.717) is 28.7 Å². The van der Waals surface area contributed by atoms with E-state index >= 15 is 0 Å². The van der Waals surface area contributed by atoms with Gasteiger partial charge in [-0.3, -0.25) is 0 Å². The molecule has 2 heterocycles. The van der Waals surface area contributed by atoms with Crippen LogP contribution in [0.4, 0.5) is 11.4 Å². The predicted molar refractivity (Wildman–Crippen MR) is 175 cm³/mol. The molecule has 1 saturated carbocycles. The summed E-state index contributed by atoms with van der Waals surface area (Å²) in [7, 11) is 0. The van der Waals surface area contributed by atoms with Crippen molar-refractivity contribution >= 4 is 55.1 Å². The highest BCUT2D eigenvalue weighted by atomic mass is 16.3. The molecule has 2 aliphatic carbocycles. The van der Waals surface area contributed by atoms with Gasteiger partial charge in [-0.05, 0) is 79.1 Å². The number of rotatable bonds is 4. The molecule has 9 rings (SSSR count). The molecular weight excluding hydrogens is 540 g/mol. The molecule has 206 valence electrons. The van der Waals surface area contributed by atoms with E-state index in [0.717, 1.165) is 55.1 Å². The van der Waals surface area contributed by atoms with Crippen molar-refractivity contribution in [2.45, 2.75) is 6.42 Å². The zero-order valence-corrected chi connectivity index (χ0v) is 23.6. The monoisotopic (exact) mass is 564 g/mol. The van der Waals surface area contributed by atoms with Crippen molar-refractivity contribution in [2.24, 2.45) is 11.8 Å². The van der Waals surface area contributed by atoms with Gasteiger partial charge in [-0.15, -0.1) is 0 Å². The highest BCUT2D eigenvalue weighted by Crippen LogP contribution is 2.51. The molecular formula is C39H24N4O. The number of hydrogen-bond acceptors (Lipinski definition) is 4. The molecule has 0 spiro atoms. The van der Waals surface area contributed by atoms with Gasteiger partial charge in [-0.1, -0.05) is 54.6 Å². The number of anilines is 2. The molecule has 2 atom stereocenters. The van der Waals surface area contributed by atoms with Gasteiger partial charge in [0.05, 0.1) is 33.2 Å². The number of furan rings is 1. The Hall–Kier alpha value is -6.04. The lowest BCUT2D eigenvalue weighted by atomic mass is 10.0. The lowest BCUT2D eigenvalue weighted by Crippen LogP contribution is -2.19. The van der Waals surface area contributed by atoms with Gasteiger partial charge in [0.25, 0.3) is 0 Å². The number of nitrogens with zero attached hydrogens (tertiary/aromatic N) is 4. The van der Waals surface area contributed by atoms with E-state index in [-0.39, 0.29) is 0 Å². The minimum absolute atomic E-state index is 0.354. The number of hydrogen-bond donors (Lipinski definition) is 0. The molecule has 2 aliphatic rings. The van der Waals surface area contributed by atoms with Crippen LogP contribution in [0, 0.1) is 34.5 Å². The minimum Gasteiger partial charge on any atom is -0.455 e. The van der Waals surface area contributed by atoms with E-state index in [9.17, 15) is 10.5 Å². The van der Waals surface area contributed by atoms with Gasteiger partial charge in [-0.2, -0.15) is 10.5 Å². The van der Waals surface area contributed by atoms with Crippen LogP contribution in [0.5, 0.6) is 0 Å². The van der Waals surface area contributed by atoms with Crippen molar-refractivity contribution in [3.63, 3.8) is 0 Å². The second-order valence-electron chi connectivity index (χ2n) is 11.5. The molecule has 0 radical (unpaired) electrons. The summed E-state index contributed by atoms with van der Waals surface area (Å²) in [4.78, 5) is 2.38. The zero-order valence-electron chi connectivity index (χ0n) is 23.6. The summed E-state index contributed by atoms with van der Waals surface area (Å²) >= 11 is 0. The molecule has 1 fully saturated rings. The lowest BCUT2D eigenvalue weighted by molar-refractivity contribution is 0.673. The highest BCUT2D eigenvalue weighted by molar-refractivity contribution is 6.24. The summed E-state index contributed by atoms with van der Waals surface area (Å²) in [5, 5.41) is 24.2. The smallest absolute Gasteiger partial charge is 0.145 e. The Morgan fingerprint density at radius 1 is 0.750 bits per heavy atom. The van der Waals surface area contributed by atoms with E-state index < -0.39 is 0 Å². The molecule has 5 nitrogen and oxygen atoms in total. The Bertz CT molecular complexity index is 2460. The summed E-state index contributed by atoms with van der Waals surface area (Å²) in [6, 6.07) is 39.4. The van der Waals surface area contributed by atoms with E-state index in [1.165, 1.54) is 12.1 Å². The Morgan fingerprint density at radius 3 is 2.45 bits per heavy atom. The van der Waals surface area contributed by atoms with Crippen molar-refractivity contribution in [3.8, 4) is 17.8 Å². The summed E-state index contributed by atoms with van der Waals surface area (Å²) in [6.45, 7) is 0. The van der Waals surface area contributed by atoms with Crippen LogP contribution in [-0.2, 0) is 0 Å². The van der Waals surface area contributed by atoms with Gasteiger partial charge in [-0.25, -0.2) is 0 Å². The van der Waals surface area contributed by atoms with Crippen molar-refractivity contribution in [3.05, 3.63) is 138 Å². The zero-order chi connectivity index (χ0) is 29.4. The molecule has 0 N–H and O–H groups in total. The fourth-order valence-corrected chi connectivity index (χ4v) is 7.06. The molecule has 2 aromatic heterocycles. The number of allylic oxidation sites excluding steroid dienone is 4. The predicted octanol–water partition coefficient (Wildman–Crippen LogP) is 9.65. The highest BCUT2D eigenvalue weighted by Gasteiger charge is 2.42. The topological polar surface area (TPSA) is 68.9 Å².